The highest BCUT2D eigenvalue weighted by Crippen LogP contribution is 2.15. The summed E-state index contributed by atoms with van der Waals surface area (Å²) in [5.74, 6) is 0.246. The van der Waals surface area contributed by atoms with E-state index in [2.05, 4.69) is 5.32 Å². The van der Waals surface area contributed by atoms with Gasteiger partial charge in [0.05, 0.1) is 12.7 Å². The molecule has 0 aliphatic carbocycles. The van der Waals surface area contributed by atoms with Crippen molar-refractivity contribution in [3.05, 3.63) is 65.2 Å². The summed E-state index contributed by atoms with van der Waals surface area (Å²) in [5, 5.41) is 2.78. The minimum Gasteiger partial charge on any atom is -0.489 e. The van der Waals surface area contributed by atoms with E-state index in [0.29, 0.717) is 18.7 Å². The molecule has 0 aliphatic rings. The van der Waals surface area contributed by atoms with Gasteiger partial charge in [-0.3, -0.25) is 4.79 Å². The van der Waals surface area contributed by atoms with E-state index in [4.69, 9.17) is 14.2 Å². The summed E-state index contributed by atoms with van der Waals surface area (Å²) in [6.07, 6.45) is 0.733. The molecular formula is C20H23NO5. The number of hydrogen-bond donors (Lipinski definition) is 1. The molecule has 0 spiro atoms. The van der Waals surface area contributed by atoms with E-state index < -0.39 is 0 Å². The molecule has 1 N–H and O–H groups in total. The lowest BCUT2D eigenvalue weighted by atomic mass is 10.1. The Balaban J connectivity index is 1.82. The van der Waals surface area contributed by atoms with E-state index in [0.717, 1.165) is 23.3 Å². The number of amides is 1. The second-order valence-electron chi connectivity index (χ2n) is 5.66. The minimum absolute atomic E-state index is 0.0734. The smallest absolute Gasteiger partial charge is 0.337 e. The maximum absolute atomic E-state index is 11.5. The largest absolute Gasteiger partial charge is 0.489 e. The number of esters is 1. The van der Waals surface area contributed by atoms with E-state index >= 15 is 0 Å². The topological polar surface area (TPSA) is 73.9 Å². The first-order chi connectivity index (χ1) is 12.6. The third-order valence-corrected chi connectivity index (χ3v) is 3.69. The van der Waals surface area contributed by atoms with Crippen molar-refractivity contribution in [1.29, 1.82) is 0 Å². The van der Waals surface area contributed by atoms with Crippen LogP contribution in [-0.4, -0.2) is 39.2 Å². The standard InChI is InChI=1S/C20H23NO5/c1-24-14-19(22)21-11-10-15-6-8-18(9-7-15)26-13-16-4-3-5-17(12-16)20(23)25-2/h3-9,12H,10-11,13-14H2,1-2H3,(H,21,22). The first-order valence-corrected chi connectivity index (χ1v) is 8.27. The summed E-state index contributed by atoms with van der Waals surface area (Å²) < 4.78 is 15.2. The second kappa shape index (κ2) is 10.2. The van der Waals surface area contributed by atoms with Gasteiger partial charge in [-0.25, -0.2) is 4.79 Å². The molecule has 6 nitrogen and oxygen atoms in total. The average Bonchev–Trinajstić information content (AvgIpc) is 2.67. The Kier molecular flexibility index (Phi) is 7.64. The molecule has 0 fully saturated rings. The van der Waals surface area contributed by atoms with Gasteiger partial charge in [-0.15, -0.1) is 0 Å². The fourth-order valence-electron chi connectivity index (χ4n) is 2.35. The van der Waals surface area contributed by atoms with Gasteiger partial charge in [0.25, 0.3) is 0 Å². The molecular weight excluding hydrogens is 334 g/mol. The monoisotopic (exact) mass is 357 g/mol. The highest BCUT2D eigenvalue weighted by atomic mass is 16.5. The van der Waals surface area contributed by atoms with E-state index in [1.165, 1.54) is 14.2 Å². The molecule has 0 aliphatic heterocycles. The van der Waals surface area contributed by atoms with Gasteiger partial charge in [-0.2, -0.15) is 0 Å². The summed E-state index contributed by atoms with van der Waals surface area (Å²) in [4.78, 5) is 22.9. The Morgan fingerprint density at radius 2 is 1.77 bits per heavy atom. The summed E-state index contributed by atoms with van der Waals surface area (Å²) >= 11 is 0. The molecule has 0 saturated heterocycles. The third-order valence-electron chi connectivity index (χ3n) is 3.69. The van der Waals surface area contributed by atoms with Crippen molar-refractivity contribution in [2.45, 2.75) is 13.0 Å². The van der Waals surface area contributed by atoms with Crippen LogP contribution in [0.15, 0.2) is 48.5 Å². The van der Waals surface area contributed by atoms with Crippen LogP contribution in [-0.2, 0) is 27.3 Å². The molecule has 26 heavy (non-hydrogen) atoms. The number of carbonyl (C=O) groups excluding carboxylic acids is 2. The molecule has 138 valence electrons. The maximum Gasteiger partial charge on any atom is 0.337 e. The first-order valence-electron chi connectivity index (χ1n) is 8.27. The molecule has 6 heteroatoms. The van der Waals surface area contributed by atoms with Crippen LogP contribution < -0.4 is 10.1 Å². The second-order valence-corrected chi connectivity index (χ2v) is 5.66. The molecule has 0 saturated carbocycles. The lowest BCUT2D eigenvalue weighted by Crippen LogP contribution is -2.28. The van der Waals surface area contributed by atoms with Crippen LogP contribution in [0.1, 0.15) is 21.5 Å². The minimum atomic E-state index is -0.367. The molecule has 0 atom stereocenters. The van der Waals surface area contributed by atoms with E-state index in [-0.39, 0.29) is 18.5 Å². The van der Waals surface area contributed by atoms with Crippen LogP contribution >= 0.6 is 0 Å². The van der Waals surface area contributed by atoms with Gasteiger partial charge < -0.3 is 19.5 Å². The summed E-state index contributed by atoms with van der Waals surface area (Å²) in [7, 11) is 2.85. The van der Waals surface area contributed by atoms with Gasteiger partial charge >= 0.3 is 5.97 Å². The summed E-state index contributed by atoms with van der Waals surface area (Å²) in [6, 6.07) is 14.8. The normalized spacial score (nSPS) is 10.2. The third kappa shape index (κ3) is 6.22. The van der Waals surface area contributed by atoms with Crippen LogP contribution in [0.3, 0.4) is 0 Å². The molecule has 0 heterocycles. The predicted octanol–water partition coefficient (Wildman–Crippen LogP) is 2.36. The highest BCUT2D eigenvalue weighted by Gasteiger charge is 2.06. The number of carbonyl (C=O) groups is 2. The van der Waals surface area contributed by atoms with Crippen molar-refractivity contribution in [3.63, 3.8) is 0 Å². The molecule has 2 aromatic rings. The summed E-state index contributed by atoms with van der Waals surface area (Å²) in [5.41, 5.74) is 2.49. The Hall–Kier alpha value is -2.86. The predicted molar refractivity (Wildman–Crippen MR) is 97.1 cm³/mol. The first kappa shape index (κ1) is 19.5. The van der Waals surface area contributed by atoms with Crippen molar-refractivity contribution in [3.8, 4) is 5.75 Å². The van der Waals surface area contributed by atoms with Crippen LogP contribution in [0.25, 0.3) is 0 Å². The Morgan fingerprint density at radius 1 is 1.00 bits per heavy atom. The van der Waals surface area contributed by atoms with Crippen LogP contribution in [0.5, 0.6) is 5.75 Å². The number of rotatable bonds is 9. The highest BCUT2D eigenvalue weighted by molar-refractivity contribution is 5.89. The van der Waals surface area contributed by atoms with Gasteiger partial charge in [0, 0.05) is 13.7 Å². The number of nitrogens with one attached hydrogen (secondary N) is 1. The van der Waals surface area contributed by atoms with Crippen molar-refractivity contribution in [2.75, 3.05) is 27.4 Å². The zero-order chi connectivity index (χ0) is 18.8. The van der Waals surface area contributed by atoms with Gasteiger partial charge in [0.1, 0.15) is 19.0 Å². The molecule has 0 bridgehead atoms. The quantitative estimate of drug-likeness (QED) is 0.698. The number of benzene rings is 2. The number of methoxy groups -OCH3 is 2. The van der Waals surface area contributed by atoms with Crippen LogP contribution in [0.4, 0.5) is 0 Å². The summed E-state index contributed by atoms with van der Waals surface area (Å²) in [6.45, 7) is 0.990. The van der Waals surface area contributed by atoms with Gasteiger partial charge in [0.15, 0.2) is 0 Å². The molecule has 2 aromatic carbocycles. The van der Waals surface area contributed by atoms with E-state index in [9.17, 15) is 9.59 Å². The van der Waals surface area contributed by atoms with Crippen molar-refractivity contribution in [1.82, 2.24) is 5.32 Å². The Labute approximate surface area is 153 Å². The lowest BCUT2D eigenvalue weighted by molar-refractivity contribution is -0.124. The van der Waals surface area contributed by atoms with Crippen molar-refractivity contribution >= 4 is 11.9 Å². The fourth-order valence-corrected chi connectivity index (χ4v) is 2.35. The Morgan fingerprint density at radius 3 is 2.46 bits per heavy atom. The SMILES string of the molecule is COCC(=O)NCCc1ccc(OCc2cccc(C(=O)OC)c2)cc1. The fraction of sp³-hybridized carbons (Fsp3) is 0.300. The lowest BCUT2D eigenvalue weighted by Gasteiger charge is -2.09. The molecule has 0 aromatic heterocycles. The van der Waals surface area contributed by atoms with Crippen molar-refractivity contribution in [2.24, 2.45) is 0 Å². The average molecular weight is 357 g/mol. The van der Waals surface area contributed by atoms with Crippen LogP contribution in [0.2, 0.25) is 0 Å². The van der Waals surface area contributed by atoms with Gasteiger partial charge in [-0.05, 0) is 41.8 Å². The molecule has 0 radical (unpaired) electrons. The van der Waals surface area contributed by atoms with Gasteiger partial charge in [-0.1, -0.05) is 24.3 Å². The Bertz CT molecular complexity index is 727. The molecule has 1 amide bonds. The van der Waals surface area contributed by atoms with Crippen LogP contribution in [0, 0.1) is 0 Å². The van der Waals surface area contributed by atoms with E-state index in [1.54, 1.807) is 18.2 Å². The van der Waals surface area contributed by atoms with E-state index in [1.807, 2.05) is 30.3 Å². The zero-order valence-electron chi connectivity index (χ0n) is 15.0. The maximum atomic E-state index is 11.5. The molecule has 2 rings (SSSR count). The van der Waals surface area contributed by atoms with Gasteiger partial charge in [0.2, 0.25) is 5.91 Å². The van der Waals surface area contributed by atoms with Crippen molar-refractivity contribution < 1.29 is 23.8 Å². The zero-order valence-corrected chi connectivity index (χ0v) is 15.0. The number of hydrogen-bond acceptors (Lipinski definition) is 5. The number of ether oxygens (including phenoxy) is 3. The molecule has 0 unspecified atom stereocenters.